The average molecular weight is 436 g/mol. The normalized spacial score (nSPS) is 21.4. The monoisotopic (exact) mass is 436 g/mol. The number of sulfone groups is 1. The molecule has 0 aromatic heterocycles. The van der Waals surface area contributed by atoms with Gasteiger partial charge in [-0.05, 0) is 18.2 Å². The summed E-state index contributed by atoms with van der Waals surface area (Å²) in [6.45, 7) is 0.155. The van der Waals surface area contributed by atoms with Crippen molar-refractivity contribution in [3.63, 3.8) is 0 Å². The van der Waals surface area contributed by atoms with Gasteiger partial charge in [-0.3, -0.25) is 9.59 Å². The molecule has 1 amide bonds. The number of nitrogens with one attached hydrogen (secondary N) is 1. The Labute approximate surface area is 161 Å². The van der Waals surface area contributed by atoms with Crippen molar-refractivity contribution >= 4 is 37.4 Å². The van der Waals surface area contributed by atoms with Crippen molar-refractivity contribution in [2.45, 2.75) is 24.0 Å². The number of hydrogen-bond donors (Lipinski definition) is 3. The van der Waals surface area contributed by atoms with Gasteiger partial charge < -0.3 is 20.3 Å². The first kappa shape index (κ1) is 22.1. The maximum atomic E-state index is 13.2. The summed E-state index contributed by atoms with van der Waals surface area (Å²) in [5.41, 5.74) is 0.113. The highest BCUT2D eigenvalue weighted by Crippen LogP contribution is 2.32. The van der Waals surface area contributed by atoms with Gasteiger partial charge >= 0.3 is 5.97 Å². The standard InChI is InChI=1S/C15H20N2O9S2/c1-9(18)16-10-3-4-13(26-2)14(5-10)28(24,25)17(6-15(20)21)11-7-27(22,23)8-12(11)19/h3-5,11-12,19H,6-8H2,1-2H3,(H,16,18)(H,20,21)/t11-,12+/m1/s1. The van der Waals surface area contributed by atoms with E-state index in [0.717, 1.165) is 6.07 Å². The van der Waals surface area contributed by atoms with Gasteiger partial charge in [0.25, 0.3) is 0 Å². The molecule has 28 heavy (non-hydrogen) atoms. The molecule has 3 N–H and O–H groups in total. The van der Waals surface area contributed by atoms with Gasteiger partial charge in [0.2, 0.25) is 15.9 Å². The van der Waals surface area contributed by atoms with Crippen molar-refractivity contribution in [2.24, 2.45) is 0 Å². The molecular formula is C15H20N2O9S2. The molecule has 0 bridgehead atoms. The van der Waals surface area contributed by atoms with Crippen LogP contribution in [0.1, 0.15) is 6.92 Å². The maximum Gasteiger partial charge on any atom is 0.318 e. The van der Waals surface area contributed by atoms with E-state index in [1.165, 1.54) is 26.2 Å². The summed E-state index contributed by atoms with van der Waals surface area (Å²) in [6.07, 6.45) is -1.58. The third kappa shape index (κ3) is 4.79. The van der Waals surface area contributed by atoms with Gasteiger partial charge in [0.05, 0.1) is 30.8 Å². The summed E-state index contributed by atoms with van der Waals surface area (Å²) in [5, 5.41) is 21.6. The summed E-state index contributed by atoms with van der Waals surface area (Å²) < 4.78 is 55.5. The third-order valence-corrected chi connectivity index (χ3v) is 7.62. The summed E-state index contributed by atoms with van der Waals surface area (Å²) in [4.78, 5) is 22.0. The van der Waals surface area contributed by atoms with Crippen LogP contribution in [0.3, 0.4) is 0 Å². The van der Waals surface area contributed by atoms with Crippen LogP contribution in [-0.2, 0) is 29.4 Å². The van der Waals surface area contributed by atoms with Gasteiger partial charge in [-0.2, -0.15) is 4.31 Å². The number of carbonyl (C=O) groups is 2. The molecule has 0 spiro atoms. The molecule has 2 atom stereocenters. The van der Waals surface area contributed by atoms with Crippen LogP contribution in [0.25, 0.3) is 0 Å². The molecule has 1 aromatic rings. The lowest BCUT2D eigenvalue weighted by Crippen LogP contribution is -2.48. The molecule has 1 fully saturated rings. The van der Waals surface area contributed by atoms with Gasteiger partial charge in [0, 0.05) is 12.6 Å². The number of rotatable bonds is 7. The Kier molecular flexibility index (Phi) is 6.33. The van der Waals surface area contributed by atoms with Crippen molar-refractivity contribution in [3.8, 4) is 5.75 Å². The van der Waals surface area contributed by atoms with Gasteiger partial charge in [-0.15, -0.1) is 0 Å². The van der Waals surface area contributed by atoms with Crippen molar-refractivity contribution in [3.05, 3.63) is 18.2 Å². The first-order valence-corrected chi connectivity index (χ1v) is 11.2. The van der Waals surface area contributed by atoms with Crippen LogP contribution in [0.15, 0.2) is 23.1 Å². The lowest BCUT2D eigenvalue weighted by atomic mass is 10.2. The Morgan fingerprint density at radius 3 is 2.43 bits per heavy atom. The van der Waals surface area contributed by atoms with Crippen molar-refractivity contribution in [1.82, 2.24) is 4.31 Å². The van der Waals surface area contributed by atoms with Crippen molar-refractivity contribution < 1.29 is 41.4 Å². The van der Waals surface area contributed by atoms with Crippen LogP contribution >= 0.6 is 0 Å². The number of nitrogens with zero attached hydrogens (tertiary/aromatic N) is 1. The highest BCUT2D eigenvalue weighted by molar-refractivity contribution is 7.92. The molecule has 156 valence electrons. The SMILES string of the molecule is COc1ccc(NC(C)=O)cc1S(=O)(=O)N(CC(=O)O)[C@@H]1CS(=O)(=O)C[C@@H]1O. The van der Waals surface area contributed by atoms with Crippen molar-refractivity contribution in [2.75, 3.05) is 30.5 Å². The fraction of sp³-hybridized carbons (Fsp3) is 0.467. The molecule has 2 rings (SSSR count). The second-order valence-corrected chi connectivity index (χ2v) is 10.2. The molecular weight excluding hydrogens is 416 g/mol. The van der Waals surface area contributed by atoms with E-state index in [4.69, 9.17) is 9.84 Å². The van der Waals surface area contributed by atoms with E-state index in [9.17, 15) is 31.5 Å². The number of aliphatic carboxylic acids is 1. The Balaban J connectivity index is 2.59. The fourth-order valence-electron chi connectivity index (χ4n) is 2.89. The van der Waals surface area contributed by atoms with E-state index in [1.807, 2.05) is 0 Å². The molecule has 1 aliphatic heterocycles. The number of aliphatic hydroxyl groups excluding tert-OH is 1. The molecule has 0 unspecified atom stereocenters. The van der Waals surface area contributed by atoms with Gasteiger partial charge in [-0.25, -0.2) is 16.8 Å². The number of carboxylic acids is 1. The second-order valence-electron chi connectivity index (χ2n) is 6.20. The maximum absolute atomic E-state index is 13.2. The number of aliphatic hydroxyl groups is 1. The number of carboxylic acid groups (broad SMARTS) is 1. The summed E-state index contributed by atoms with van der Waals surface area (Å²) in [7, 11) is -7.16. The lowest BCUT2D eigenvalue weighted by Gasteiger charge is -2.28. The number of sulfonamides is 1. The predicted octanol–water partition coefficient (Wildman–Crippen LogP) is -1.11. The van der Waals surface area contributed by atoms with Crippen LogP contribution in [0.5, 0.6) is 5.75 Å². The molecule has 1 aliphatic rings. The van der Waals surface area contributed by atoms with E-state index >= 15 is 0 Å². The van der Waals surface area contributed by atoms with Gasteiger partial charge in [0.1, 0.15) is 17.2 Å². The van der Waals surface area contributed by atoms with E-state index in [-0.39, 0.29) is 11.4 Å². The molecule has 0 aliphatic carbocycles. The molecule has 13 heteroatoms. The van der Waals surface area contributed by atoms with Gasteiger partial charge in [-0.1, -0.05) is 0 Å². The Morgan fingerprint density at radius 2 is 1.96 bits per heavy atom. The minimum absolute atomic E-state index is 0.113. The number of hydrogen-bond acceptors (Lipinski definition) is 8. The lowest BCUT2D eigenvalue weighted by molar-refractivity contribution is -0.137. The summed E-state index contributed by atoms with van der Waals surface area (Å²) >= 11 is 0. The average Bonchev–Trinajstić information content (AvgIpc) is 2.84. The minimum Gasteiger partial charge on any atom is -0.495 e. The fourth-order valence-corrected chi connectivity index (χ4v) is 6.57. The first-order valence-electron chi connectivity index (χ1n) is 7.95. The van der Waals surface area contributed by atoms with Crippen LogP contribution < -0.4 is 10.1 Å². The molecule has 11 nitrogen and oxygen atoms in total. The number of benzene rings is 1. The first-order chi connectivity index (χ1) is 12.9. The zero-order chi connectivity index (χ0) is 21.3. The van der Waals surface area contributed by atoms with Crippen LogP contribution in [-0.4, -0.2) is 80.5 Å². The Bertz CT molecular complexity index is 989. The highest BCUT2D eigenvalue weighted by atomic mass is 32.2. The molecule has 1 saturated heterocycles. The molecule has 0 radical (unpaired) electrons. The molecule has 1 aromatic carbocycles. The largest absolute Gasteiger partial charge is 0.495 e. The Hall–Kier alpha value is -2.22. The van der Waals surface area contributed by atoms with Crippen LogP contribution in [0, 0.1) is 0 Å². The van der Waals surface area contributed by atoms with Crippen LogP contribution in [0.4, 0.5) is 5.69 Å². The zero-order valence-electron chi connectivity index (χ0n) is 15.0. The second kappa shape index (κ2) is 8.03. The third-order valence-electron chi connectivity index (χ3n) is 4.03. The number of anilines is 1. The van der Waals surface area contributed by atoms with E-state index in [0.29, 0.717) is 4.31 Å². The smallest absolute Gasteiger partial charge is 0.318 e. The predicted molar refractivity (Wildman–Crippen MR) is 97.3 cm³/mol. The summed E-state index contributed by atoms with van der Waals surface area (Å²) in [6, 6.07) is 2.25. The topological polar surface area (TPSA) is 167 Å². The van der Waals surface area contributed by atoms with E-state index in [1.54, 1.807) is 0 Å². The number of ether oxygens (including phenoxy) is 1. The Morgan fingerprint density at radius 1 is 1.32 bits per heavy atom. The van der Waals surface area contributed by atoms with E-state index in [2.05, 4.69) is 5.32 Å². The minimum atomic E-state index is -4.61. The zero-order valence-corrected chi connectivity index (χ0v) is 16.7. The van der Waals surface area contributed by atoms with Gasteiger partial charge in [0.15, 0.2) is 9.84 Å². The number of methoxy groups -OCH3 is 1. The number of amides is 1. The van der Waals surface area contributed by atoms with Crippen LogP contribution in [0.2, 0.25) is 0 Å². The van der Waals surface area contributed by atoms with Crippen molar-refractivity contribution in [1.29, 1.82) is 0 Å². The van der Waals surface area contributed by atoms with E-state index < -0.39 is 66.8 Å². The summed E-state index contributed by atoms with van der Waals surface area (Å²) in [5.74, 6) is -3.52. The highest BCUT2D eigenvalue weighted by Gasteiger charge is 2.46. The number of carbonyl (C=O) groups excluding carboxylic acids is 1. The quantitative estimate of drug-likeness (QED) is 0.480. The molecule has 0 saturated carbocycles. The molecule has 1 heterocycles.